The van der Waals surface area contributed by atoms with E-state index in [2.05, 4.69) is 23.8 Å². The molecule has 0 amide bonds. The van der Waals surface area contributed by atoms with Crippen molar-refractivity contribution in [3.63, 3.8) is 0 Å². The molecule has 0 unspecified atom stereocenters. The maximum Gasteiger partial charge on any atom is 0.296 e. The van der Waals surface area contributed by atoms with Gasteiger partial charge < -0.3 is 5.11 Å². The van der Waals surface area contributed by atoms with Crippen LogP contribution in [-0.2, 0) is 0 Å². The van der Waals surface area contributed by atoms with Crippen LogP contribution in [0, 0.1) is 6.92 Å². The van der Waals surface area contributed by atoms with Crippen molar-refractivity contribution in [1.29, 1.82) is 0 Å². The average Bonchev–Trinajstić information content (AvgIpc) is 2.59. The number of hydrogen-bond acceptors (Lipinski definition) is 3. The van der Waals surface area contributed by atoms with Gasteiger partial charge in [0.1, 0.15) is 0 Å². The standard InChI is InChI=1S/C12H16ClN3O/c1-4-8(5-2)16-10-6-9(13)7(3)14-11(10)15-12(16)17/h6,8H,4-5H2,1-3H3,(H,14,15,17). The van der Waals surface area contributed by atoms with E-state index in [1.165, 1.54) is 0 Å². The molecule has 0 aliphatic heterocycles. The molecule has 2 heterocycles. The molecule has 92 valence electrons. The maximum atomic E-state index is 9.92. The summed E-state index contributed by atoms with van der Waals surface area (Å²) in [5.74, 6) is 0. The smallest absolute Gasteiger partial charge is 0.296 e. The summed E-state index contributed by atoms with van der Waals surface area (Å²) >= 11 is 6.07. The molecule has 0 aromatic carbocycles. The van der Waals surface area contributed by atoms with Gasteiger partial charge >= 0.3 is 0 Å². The minimum Gasteiger partial charge on any atom is -0.480 e. The van der Waals surface area contributed by atoms with Crippen LogP contribution in [0.4, 0.5) is 0 Å². The van der Waals surface area contributed by atoms with Gasteiger partial charge in [0.15, 0.2) is 5.65 Å². The number of fused-ring (bicyclic) bond motifs is 1. The normalized spacial score (nSPS) is 11.6. The summed E-state index contributed by atoms with van der Waals surface area (Å²) in [6, 6.07) is 2.06. The van der Waals surface area contributed by atoms with E-state index in [0.29, 0.717) is 10.7 Å². The first-order valence-corrected chi connectivity index (χ1v) is 6.20. The van der Waals surface area contributed by atoms with Crippen molar-refractivity contribution in [2.24, 2.45) is 0 Å². The number of aryl methyl sites for hydroxylation is 1. The molecule has 17 heavy (non-hydrogen) atoms. The molecule has 0 aliphatic carbocycles. The van der Waals surface area contributed by atoms with Crippen molar-refractivity contribution in [2.45, 2.75) is 39.7 Å². The summed E-state index contributed by atoms with van der Waals surface area (Å²) in [5.41, 5.74) is 2.08. The van der Waals surface area contributed by atoms with Crippen LogP contribution in [0.25, 0.3) is 11.2 Å². The van der Waals surface area contributed by atoms with E-state index in [1.807, 2.05) is 17.6 Å². The summed E-state index contributed by atoms with van der Waals surface area (Å²) in [6.07, 6.45) is 1.86. The van der Waals surface area contributed by atoms with E-state index in [9.17, 15) is 5.11 Å². The summed E-state index contributed by atoms with van der Waals surface area (Å²) in [6.45, 7) is 6.00. The summed E-state index contributed by atoms with van der Waals surface area (Å²) < 4.78 is 1.81. The molecule has 5 heteroatoms. The Hall–Kier alpha value is -1.29. The van der Waals surface area contributed by atoms with Crippen LogP contribution < -0.4 is 0 Å². The zero-order valence-corrected chi connectivity index (χ0v) is 11.0. The van der Waals surface area contributed by atoms with E-state index in [4.69, 9.17) is 11.6 Å². The molecular weight excluding hydrogens is 238 g/mol. The number of nitrogens with zero attached hydrogens (tertiary/aromatic N) is 3. The second-order valence-corrected chi connectivity index (χ2v) is 4.56. The summed E-state index contributed by atoms with van der Waals surface area (Å²) in [4.78, 5) is 8.36. The quantitative estimate of drug-likeness (QED) is 0.911. The third-order valence-electron chi connectivity index (χ3n) is 3.10. The Morgan fingerprint density at radius 3 is 2.59 bits per heavy atom. The highest BCUT2D eigenvalue weighted by Crippen LogP contribution is 2.30. The molecule has 0 fully saturated rings. The van der Waals surface area contributed by atoms with Gasteiger partial charge in [0.2, 0.25) is 0 Å². The molecule has 0 bridgehead atoms. The van der Waals surface area contributed by atoms with Gasteiger partial charge in [0.25, 0.3) is 6.01 Å². The van der Waals surface area contributed by atoms with Gasteiger partial charge in [0, 0.05) is 6.04 Å². The van der Waals surface area contributed by atoms with Gasteiger partial charge in [-0.05, 0) is 25.8 Å². The maximum absolute atomic E-state index is 9.92. The van der Waals surface area contributed by atoms with E-state index in [-0.39, 0.29) is 12.1 Å². The zero-order valence-electron chi connectivity index (χ0n) is 10.2. The van der Waals surface area contributed by atoms with Gasteiger partial charge in [0.05, 0.1) is 16.2 Å². The fourth-order valence-corrected chi connectivity index (χ4v) is 2.23. The minimum absolute atomic E-state index is 0.0165. The Morgan fingerprint density at radius 2 is 2.00 bits per heavy atom. The van der Waals surface area contributed by atoms with E-state index in [1.54, 1.807) is 0 Å². The van der Waals surface area contributed by atoms with Crippen molar-refractivity contribution < 1.29 is 5.11 Å². The zero-order chi connectivity index (χ0) is 12.6. The predicted molar refractivity (Wildman–Crippen MR) is 68.6 cm³/mol. The molecule has 2 aromatic heterocycles. The Balaban J connectivity index is 2.70. The Kier molecular flexibility index (Phi) is 3.24. The molecule has 0 aliphatic rings. The molecule has 0 radical (unpaired) electrons. The second-order valence-electron chi connectivity index (χ2n) is 4.15. The van der Waals surface area contributed by atoms with E-state index >= 15 is 0 Å². The number of halogens is 1. The van der Waals surface area contributed by atoms with Crippen molar-refractivity contribution in [3.05, 3.63) is 16.8 Å². The first-order valence-electron chi connectivity index (χ1n) is 5.82. The average molecular weight is 254 g/mol. The Labute approximate surface area is 105 Å². The third-order valence-corrected chi connectivity index (χ3v) is 3.48. The van der Waals surface area contributed by atoms with Gasteiger partial charge in [-0.3, -0.25) is 4.57 Å². The lowest BCUT2D eigenvalue weighted by molar-refractivity contribution is 0.361. The van der Waals surface area contributed by atoms with E-state index < -0.39 is 0 Å². The number of pyridine rings is 1. The highest BCUT2D eigenvalue weighted by Gasteiger charge is 2.18. The molecule has 2 rings (SSSR count). The van der Waals surface area contributed by atoms with Crippen LogP contribution in [0.3, 0.4) is 0 Å². The minimum atomic E-state index is 0.0165. The number of rotatable bonds is 3. The molecule has 4 nitrogen and oxygen atoms in total. The molecule has 0 saturated carbocycles. The van der Waals surface area contributed by atoms with E-state index in [0.717, 1.165) is 24.1 Å². The van der Waals surface area contributed by atoms with Gasteiger partial charge in [-0.15, -0.1) is 0 Å². The number of aromatic hydroxyl groups is 1. The highest BCUT2D eigenvalue weighted by molar-refractivity contribution is 6.31. The largest absolute Gasteiger partial charge is 0.480 e. The lowest BCUT2D eigenvalue weighted by Gasteiger charge is -2.16. The number of hydrogen-bond donors (Lipinski definition) is 1. The van der Waals surface area contributed by atoms with Crippen LogP contribution in [0.5, 0.6) is 6.01 Å². The monoisotopic (exact) mass is 253 g/mol. The van der Waals surface area contributed by atoms with Crippen LogP contribution in [0.15, 0.2) is 6.07 Å². The summed E-state index contributed by atoms with van der Waals surface area (Å²) in [5, 5.41) is 10.5. The van der Waals surface area contributed by atoms with Crippen LogP contribution >= 0.6 is 11.6 Å². The molecule has 2 aromatic rings. The third kappa shape index (κ3) is 1.97. The van der Waals surface area contributed by atoms with Crippen molar-refractivity contribution >= 4 is 22.8 Å². The van der Waals surface area contributed by atoms with Crippen molar-refractivity contribution in [1.82, 2.24) is 14.5 Å². The number of aromatic nitrogens is 3. The van der Waals surface area contributed by atoms with Gasteiger partial charge in [-0.25, -0.2) is 4.98 Å². The van der Waals surface area contributed by atoms with Crippen molar-refractivity contribution in [2.75, 3.05) is 0 Å². The molecule has 1 N–H and O–H groups in total. The van der Waals surface area contributed by atoms with Gasteiger partial charge in [-0.2, -0.15) is 4.98 Å². The molecule has 0 atom stereocenters. The molecule has 0 saturated heterocycles. The van der Waals surface area contributed by atoms with Gasteiger partial charge in [-0.1, -0.05) is 25.4 Å². The Morgan fingerprint density at radius 1 is 1.35 bits per heavy atom. The first kappa shape index (κ1) is 12.2. The van der Waals surface area contributed by atoms with Crippen molar-refractivity contribution in [3.8, 4) is 6.01 Å². The predicted octanol–water partition coefficient (Wildman–Crippen LogP) is 3.46. The Bertz CT molecular complexity index is 546. The summed E-state index contributed by atoms with van der Waals surface area (Å²) in [7, 11) is 0. The lowest BCUT2D eigenvalue weighted by atomic mass is 10.1. The van der Waals surface area contributed by atoms with Crippen LogP contribution in [0.2, 0.25) is 5.02 Å². The topological polar surface area (TPSA) is 50.9 Å². The highest BCUT2D eigenvalue weighted by atomic mass is 35.5. The fourth-order valence-electron chi connectivity index (χ4n) is 2.09. The SMILES string of the molecule is CCC(CC)n1c(O)nc2nc(C)c(Cl)cc21. The molecular formula is C12H16ClN3O. The number of imidazole rings is 1. The molecule has 0 spiro atoms. The lowest BCUT2D eigenvalue weighted by Crippen LogP contribution is -2.06. The van der Waals surface area contributed by atoms with Crippen LogP contribution in [0.1, 0.15) is 38.4 Å². The fraction of sp³-hybridized carbons (Fsp3) is 0.500. The first-order chi connectivity index (χ1) is 8.08. The second kappa shape index (κ2) is 4.53. The van der Waals surface area contributed by atoms with Crippen LogP contribution in [-0.4, -0.2) is 19.6 Å².